The number of carbonyl (C=O) groups is 2. The lowest BCUT2D eigenvalue weighted by Gasteiger charge is -2.25. The number of quaternary nitrogens is 1. The van der Waals surface area contributed by atoms with Crippen molar-refractivity contribution in [3.63, 3.8) is 0 Å². The first kappa shape index (κ1) is 19.6. The average molecular weight is 390 g/mol. The molecular weight excluding hydrogens is 366 g/mol. The van der Waals surface area contributed by atoms with Crippen molar-refractivity contribution in [3.8, 4) is 5.75 Å². The number of ketones is 1. The third-order valence-electron chi connectivity index (χ3n) is 4.69. The lowest BCUT2D eigenvalue weighted by Crippen LogP contribution is -2.81. The van der Waals surface area contributed by atoms with E-state index < -0.39 is 23.2 Å². The topological polar surface area (TPSA) is 121 Å². The van der Waals surface area contributed by atoms with Crippen molar-refractivity contribution >= 4 is 28.9 Å². The minimum atomic E-state index is -0.760. The number of carbonyl (C=O) groups excluding carboxylic acids is 2. The Balaban J connectivity index is 2.30. The van der Waals surface area contributed by atoms with Gasteiger partial charge in [-0.2, -0.15) is 0 Å². The van der Waals surface area contributed by atoms with Crippen molar-refractivity contribution in [2.24, 2.45) is 0 Å². The van der Waals surface area contributed by atoms with Gasteiger partial charge in [0.1, 0.15) is 6.61 Å². The molecule has 0 bridgehead atoms. The second kappa shape index (κ2) is 7.85. The molecule has 0 unspecified atom stereocenters. The van der Waals surface area contributed by atoms with Gasteiger partial charge in [0.2, 0.25) is 5.75 Å². The molecule has 2 aromatic rings. The number of likely N-dealkylation sites (N-methyl/N-ethyl adjacent to an activating group) is 2. The second-order valence-corrected chi connectivity index (χ2v) is 6.49. The molecule has 1 aliphatic heterocycles. The van der Waals surface area contributed by atoms with E-state index in [0.717, 1.165) is 13.1 Å². The number of amides is 1. The van der Waals surface area contributed by atoms with E-state index >= 15 is 0 Å². The van der Waals surface area contributed by atoms with Crippen molar-refractivity contribution in [3.05, 3.63) is 28.3 Å². The van der Waals surface area contributed by atoms with Crippen LogP contribution in [0.15, 0.2) is 17.1 Å². The average Bonchev–Trinajstić information content (AvgIpc) is 3.10. The lowest BCUT2D eigenvalue weighted by atomic mass is 10.2. The van der Waals surface area contributed by atoms with E-state index in [1.807, 2.05) is 24.2 Å². The molecule has 0 aromatic carbocycles. The zero-order chi connectivity index (χ0) is 20.4. The Hall–Kier alpha value is -3.14. The molecule has 0 atom stereocenters. The summed E-state index contributed by atoms with van der Waals surface area (Å²) in [5.41, 5.74) is 0.0983. The molecule has 10 nitrogen and oxygen atoms in total. The van der Waals surface area contributed by atoms with Gasteiger partial charge in [-0.25, -0.2) is 9.78 Å². The van der Waals surface area contributed by atoms with Gasteiger partial charge >= 0.3 is 11.7 Å². The fraction of sp³-hybridized carbons (Fsp3) is 0.444. The predicted molar refractivity (Wildman–Crippen MR) is 102 cm³/mol. The van der Waals surface area contributed by atoms with Gasteiger partial charge in [0.05, 0.1) is 38.1 Å². The van der Waals surface area contributed by atoms with Crippen LogP contribution in [-0.2, 0) is 4.74 Å². The van der Waals surface area contributed by atoms with E-state index in [4.69, 9.17) is 4.74 Å². The molecule has 0 radical (unpaired) electrons. The first-order chi connectivity index (χ1) is 13.4. The molecule has 1 aliphatic rings. The third kappa shape index (κ3) is 3.38. The van der Waals surface area contributed by atoms with Crippen LogP contribution in [-0.4, -0.2) is 66.2 Å². The number of nitrogens with two attached hydrogens (primary N) is 1. The van der Waals surface area contributed by atoms with Crippen molar-refractivity contribution in [1.29, 1.82) is 0 Å². The van der Waals surface area contributed by atoms with Crippen LogP contribution in [0.3, 0.4) is 0 Å². The van der Waals surface area contributed by atoms with Crippen LogP contribution in [0.4, 0.5) is 16.2 Å². The summed E-state index contributed by atoms with van der Waals surface area (Å²) in [4.78, 5) is 44.3. The Morgan fingerprint density at radius 1 is 1.43 bits per heavy atom. The zero-order valence-electron chi connectivity index (χ0n) is 16.1. The molecule has 1 fully saturated rings. The summed E-state index contributed by atoms with van der Waals surface area (Å²) < 4.78 is 6.21. The van der Waals surface area contributed by atoms with Crippen LogP contribution in [0.1, 0.15) is 24.3 Å². The number of ether oxygens (including phenoxy) is 1. The Morgan fingerprint density at radius 2 is 2.18 bits per heavy atom. The highest BCUT2D eigenvalue weighted by atomic mass is 16.6. The number of hydrogen-bond donors (Lipinski definition) is 2. The quantitative estimate of drug-likeness (QED) is 0.616. The van der Waals surface area contributed by atoms with Crippen molar-refractivity contribution in [1.82, 2.24) is 9.38 Å². The number of rotatable bonds is 7. The summed E-state index contributed by atoms with van der Waals surface area (Å²) in [6.07, 6.45) is 1.02. The van der Waals surface area contributed by atoms with Crippen molar-refractivity contribution in [2.45, 2.75) is 13.8 Å². The minimum absolute atomic E-state index is 0.119. The van der Waals surface area contributed by atoms with E-state index in [-0.39, 0.29) is 17.9 Å². The first-order valence-electron chi connectivity index (χ1n) is 9.16. The lowest BCUT2D eigenvalue weighted by molar-refractivity contribution is -0.624. The maximum absolute atomic E-state index is 12.7. The highest BCUT2D eigenvalue weighted by Gasteiger charge is 2.28. The summed E-state index contributed by atoms with van der Waals surface area (Å²) in [7, 11) is 1.97. The molecule has 2 aromatic heterocycles. The number of aromatic hydroxyl groups is 1. The van der Waals surface area contributed by atoms with Gasteiger partial charge < -0.3 is 20.1 Å². The number of hydrogen-bond acceptors (Lipinski definition) is 7. The fourth-order valence-corrected chi connectivity index (χ4v) is 3.18. The van der Waals surface area contributed by atoms with E-state index in [1.54, 1.807) is 12.3 Å². The highest BCUT2D eigenvalue weighted by molar-refractivity contribution is 5.98. The molecule has 1 amide bonds. The number of fused-ring (bicyclic) bond motifs is 1. The summed E-state index contributed by atoms with van der Waals surface area (Å²) >= 11 is 0. The molecule has 10 heteroatoms. The van der Waals surface area contributed by atoms with E-state index in [1.165, 1.54) is 16.2 Å². The summed E-state index contributed by atoms with van der Waals surface area (Å²) in [6, 6.07) is 1.76. The zero-order valence-corrected chi connectivity index (χ0v) is 16.1. The van der Waals surface area contributed by atoms with Crippen LogP contribution in [0.5, 0.6) is 5.75 Å². The number of pyridine rings is 1. The maximum atomic E-state index is 12.7. The smallest absolute Gasteiger partial charge is 0.414 e. The molecule has 0 saturated carbocycles. The molecule has 3 heterocycles. The summed E-state index contributed by atoms with van der Waals surface area (Å²) in [5, 5.41) is 12.2. The van der Waals surface area contributed by atoms with Gasteiger partial charge in [-0.3, -0.25) is 18.9 Å². The monoisotopic (exact) mass is 390 g/mol. The van der Waals surface area contributed by atoms with Gasteiger partial charge in [0.25, 0.3) is 0 Å². The third-order valence-corrected chi connectivity index (χ3v) is 4.69. The molecule has 0 aliphatic carbocycles. The van der Waals surface area contributed by atoms with Gasteiger partial charge in [-0.1, -0.05) is 0 Å². The number of anilines is 2. The molecule has 3 rings (SSSR count). The second-order valence-electron chi connectivity index (χ2n) is 6.49. The number of cyclic esters (lactones) is 1. The number of Topliss-reactive ketones (excluding diaryl/α,β-unsaturated/α-hetero) is 1. The number of nitrogens with zero attached hydrogens (tertiary/aromatic N) is 4. The van der Waals surface area contributed by atoms with Gasteiger partial charge in [-0.05, 0) is 13.0 Å². The van der Waals surface area contributed by atoms with E-state index in [0.29, 0.717) is 24.5 Å². The van der Waals surface area contributed by atoms with E-state index in [2.05, 4.69) is 4.98 Å². The Morgan fingerprint density at radius 3 is 2.75 bits per heavy atom. The molecule has 3 N–H and O–H groups in total. The normalized spacial score (nSPS) is 13.8. The van der Waals surface area contributed by atoms with Crippen molar-refractivity contribution in [2.75, 3.05) is 49.6 Å². The van der Waals surface area contributed by atoms with Crippen molar-refractivity contribution < 1.29 is 24.7 Å². The molecule has 1 saturated heterocycles. The van der Waals surface area contributed by atoms with Gasteiger partial charge in [0.15, 0.2) is 17.1 Å². The highest BCUT2D eigenvalue weighted by Crippen LogP contribution is 2.29. The van der Waals surface area contributed by atoms with Crippen LogP contribution in [0.2, 0.25) is 0 Å². The van der Waals surface area contributed by atoms with Gasteiger partial charge in [0, 0.05) is 19.7 Å². The van der Waals surface area contributed by atoms with Crippen LogP contribution in [0, 0.1) is 0 Å². The Kier molecular flexibility index (Phi) is 5.50. The molecular formula is C18H24N5O5+. The van der Waals surface area contributed by atoms with E-state index in [9.17, 15) is 19.5 Å². The van der Waals surface area contributed by atoms with Crippen LogP contribution >= 0.6 is 0 Å². The van der Waals surface area contributed by atoms with Crippen LogP contribution < -0.4 is 20.7 Å². The summed E-state index contributed by atoms with van der Waals surface area (Å²) in [6.45, 7) is 5.98. The van der Waals surface area contributed by atoms with Crippen LogP contribution in [0.25, 0.3) is 5.65 Å². The summed E-state index contributed by atoms with van der Waals surface area (Å²) in [5.74, 6) is -1.24. The molecule has 150 valence electrons. The minimum Gasteiger partial charge on any atom is -0.501 e. The Labute approximate surface area is 161 Å². The predicted octanol–water partition coefficient (Wildman–Crippen LogP) is -0.421. The first-order valence-corrected chi connectivity index (χ1v) is 9.16. The number of aromatic nitrogens is 2. The van der Waals surface area contributed by atoms with Gasteiger partial charge in [-0.15, -0.1) is 0 Å². The molecule has 0 spiro atoms. The fourth-order valence-electron chi connectivity index (χ4n) is 3.18. The largest absolute Gasteiger partial charge is 0.501 e. The maximum Gasteiger partial charge on any atom is 0.414 e. The standard InChI is InChI=1S/C18H23N5O5/c1-4-21(6-5-19-3)12-9-13(22-7-8-28-18(22)27)16-20-14(11(2)24)15(25)17(26)23(16)10-12/h9-10,19,25H,4-8H2,1-3H3/p+1. The SMILES string of the molecule is CCN(CC[NH2+]C)c1cc(N2CCOC2=O)c2nc(C(C)=O)c(O)c(=O)n2c1. The Bertz CT molecular complexity index is 986. The molecule has 28 heavy (non-hydrogen) atoms.